The molecule has 0 saturated carbocycles. The molecule has 0 radical (unpaired) electrons. The third kappa shape index (κ3) is 3.49. The minimum atomic E-state index is -0.193. The van der Waals surface area contributed by atoms with Gasteiger partial charge >= 0.3 is 0 Å². The lowest BCUT2D eigenvalue weighted by Gasteiger charge is -2.26. The van der Waals surface area contributed by atoms with Crippen LogP contribution >= 0.6 is 11.6 Å². The fourth-order valence-electron chi connectivity index (χ4n) is 1.94. The van der Waals surface area contributed by atoms with Crippen molar-refractivity contribution >= 4 is 23.3 Å². The summed E-state index contributed by atoms with van der Waals surface area (Å²) in [5.74, 6) is 0.277. The zero-order valence-electron chi connectivity index (χ0n) is 10.8. The molecule has 1 fully saturated rings. The average Bonchev–Trinajstić information content (AvgIpc) is 2.45. The van der Waals surface area contributed by atoms with Crippen molar-refractivity contribution < 1.29 is 14.3 Å². The molecule has 1 aliphatic heterocycles. The first-order valence-corrected chi connectivity index (χ1v) is 6.60. The van der Waals surface area contributed by atoms with Crippen LogP contribution < -0.4 is 4.74 Å². The Bertz CT molecular complexity index is 570. The van der Waals surface area contributed by atoms with E-state index in [-0.39, 0.29) is 18.3 Å². The Morgan fingerprint density at radius 1 is 1.40 bits per heavy atom. The summed E-state index contributed by atoms with van der Waals surface area (Å²) in [5.41, 5.74) is 0.330. The number of amides is 1. The van der Waals surface area contributed by atoms with Crippen molar-refractivity contribution in [2.75, 3.05) is 19.7 Å². The second-order valence-corrected chi connectivity index (χ2v) is 4.90. The lowest BCUT2D eigenvalue weighted by atomic mass is 10.1. The number of ether oxygens (including phenoxy) is 1. The van der Waals surface area contributed by atoms with Gasteiger partial charge in [0.15, 0.2) is 6.61 Å². The topological polar surface area (TPSA) is 70.4 Å². The number of piperidine rings is 1. The molecule has 1 aromatic carbocycles. The van der Waals surface area contributed by atoms with Crippen LogP contribution in [0.4, 0.5) is 0 Å². The predicted octanol–water partition coefficient (Wildman–Crippen LogP) is 1.78. The number of halogens is 1. The van der Waals surface area contributed by atoms with Crippen molar-refractivity contribution in [2.24, 2.45) is 0 Å². The van der Waals surface area contributed by atoms with Crippen LogP contribution in [0.2, 0.25) is 5.02 Å². The van der Waals surface area contributed by atoms with Gasteiger partial charge in [-0.1, -0.05) is 11.6 Å². The number of carbonyl (C=O) groups is 2. The van der Waals surface area contributed by atoms with Crippen LogP contribution in [0.15, 0.2) is 18.2 Å². The van der Waals surface area contributed by atoms with E-state index in [0.717, 1.165) is 0 Å². The van der Waals surface area contributed by atoms with E-state index < -0.39 is 0 Å². The van der Waals surface area contributed by atoms with Crippen LogP contribution in [-0.2, 0) is 9.59 Å². The van der Waals surface area contributed by atoms with Crippen LogP contribution in [0, 0.1) is 11.3 Å². The molecule has 2 rings (SSSR count). The van der Waals surface area contributed by atoms with Crippen molar-refractivity contribution in [2.45, 2.75) is 12.8 Å². The second-order valence-electron chi connectivity index (χ2n) is 4.46. The van der Waals surface area contributed by atoms with E-state index in [4.69, 9.17) is 21.6 Å². The summed E-state index contributed by atoms with van der Waals surface area (Å²) >= 11 is 5.83. The molecule has 5 nitrogen and oxygen atoms in total. The minimum Gasteiger partial charge on any atom is -0.482 e. The SMILES string of the molecule is N#Cc1ccc(Cl)cc1OCC(=O)N1CCC(=O)CC1. The Hall–Kier alpha value is -2.06. The summed E-state index contributed by atoms with van der Waals surface area (Å²) in [6.07, 6.45) is 0.790. The molecule has 1 saturated heterocycles. The molecule has 0 aliphatic carbocycles. The number of nitriles is 1. The van der Waals surface area contributed by atoms with Crippen LogP contribution in [0.25, 0.3) is 0 Å². The van der Waals surface area contributed by atoms with Crippen molar-refractivity contribution in [1.29, 1.82) is 5.26 Å². The number of ketones is 1. The number of nitrogens with zero attached hydrogens (tertiary/aromatic N) is 2. The van der Waals surface area contributed by atoms with Gasteiger partial charge in [0.2, 0.25) is 0 Å². The highest BCUT2D eigenvalue weighted by Crippen LogP contribution is 2.22. The zero-order chi connectivity index (χ0) is 14.5. The van der Waals surface area contributed by atoms with Crippen molar-refractivity contribution in [3.63, 3.8) is 0 Å². The molecule has 0 bridgehead atoms. The largest absolute Gasteiger partial charge is 0.482 e. The van der Waals surface area contributed by atoms with Gasteiger partial charge < -0.3 is 9.64 Å². The fraction of sp³-hybridized carbons (Fsp3) is 0.357. The van der Waals surface area contributed by atoms with Crippen LogP contribution in [0.1, 0.15) is 18.4 Å². The molecule has 0 aromatic heterocycles. The van der Waals surface area contributed by atoms with Gasteiger partial charge in [-0.3, -0.25) is 9.59 Å². The van der Waals surface area contributed by atoms with E-state index in [1.165, 1.54) is 6.07 Å². The first-order chi connectivity index (χ1) is 9.60. The fourth-order valence-corrected chi connectivity index (χ4v) is 2.11. The zero-order valence-corrected chi connectivity index (χ0v) is 11.5. The Morgan fingerprint density at radius 2 is 2.10 bits per heavy atom. The number of hydrogen-bond donors (Lipinski definition) is 0. The highest BCUT2D eigenvalue weighted by Gasteiger charge is 2.21. The Morgan fingerprint density at radius 3 is 2.75 bits per heavy atom. The number of benzene rings is 1. The Labute approximate surface area is 121 Å². The van der Waals surface area contributed by atoms with Gasteiger partial charge in [-0.05, 0) is 12.1 Å². The first kappa shape index (κ1) is 14.4. The second kappa shape index (κ2) is 6.40. The van der Waals surface area contributed by atoms with Gasteiger partial charge in [-0.2, -0.15) is 5.26 Å². The molecule has 0 spiro atoms. The Kier molecular flexibility index (Phi) is 4.59. The molecule has 1 amide bonds. The molecule has 104 valence electrons. The summed E-state index contributed by atoms with van der Waals surface area (Å²) in [4.78, 5) is 24.6. The van der Waals surface area contributed by atoms with Crippen LogP contribution in [-0.4, -0.2) is 36.3 Å². The number of carbonyl (C=O) groups excluding carboxylic acids is 2. The smallest absolute Gasteiger partial charge is 0.260 e. The van der Waals surface area contributed by atoms with E-state index in [1.807, 2.05) is 6.07 Å². The van der Waals surface area contributed by atoms with Crippen molar-refractivity contribution in [3.05, 3.63) is 28.8 Å². The summed E-state index contributed by atoms with van der Waals surface area (Å²) < 4.78 is 5.37. The van der Waals surface area contributed by atoms with Crippen molar-refractivity contribution in [3.8, 4) is 11.8 Å². The van der Waals surface area contributed by atoms with Gasteiger partial charge in [0.25, 0.3) is 5.91 Å². The van der Waals surface area contributed by atoms with E-state index in [0.29, 0.717) is 42.3 Å². The number of hydrogen-bond acceptors (Lipinski definition) is 4. The molecular formula is C14H13ClN2O3. The highest BCUT2D eigenvalue weighted by molar-refractivity contribution is 6.30. The van der Waals surface area contributed by atoms with Gasteiger partial charge in [0.1, 0.15) is 17.6 Å². The molecule has 0 atom stereocenters. The summed E-state index contributed by atoms with van der Waals surface area (Å²) in [6, 6.07) is 6.62. The summed E-state index contributed by atoms with van der Waals surface area (Å²) in [5, 5.41) is 9.39. The average molecular weight is 293 g/mol. The monoisotopic (exact) mass is 292 g/mol. The highest BCUT2D eigenvalue weighted by atomic mass is 35.5. The van der Waals surface area contributed by atoms with Gasteiger partial charge in [-0.25, -0.2) is 0 Å². The predicted molar refractivity (Wildman–Crippen MR) is 72.5 cm³/mol. The maximum Gasteiger partial charge on any atom is 0.260 e. The van der Waals surface area contributed by atoms with Crippen LogP contribution in [0.5, 0.6) is 5.75 Å². The third-order valence-electron chi connectivity index (χ3n) is 3.09. The quantitative estimate of drug-likeness (QED) is 0.851. The Balaban J connectivity index is 1.95. The standard InChI is InChI=1S/C14H13ClN2O3/c15-11-2-1-10(8-16)13(7-11)20-9-14(19)17-5-3-12(18)4-6-17/h1-2,7H,3-6,9H2. The number of likely N-dealkylation sites (tertiary alicyclic amines) is 1. The molecule has 20 heavy (non-hydrogen) atoms. The molecular weight excluding hydrogens is 280 g/mol. The molecule has 0 unspecified atom stereocenters. The van der Waals surface area contributed by atoms with Gasteiger partial charge in [-0.15, -0.1) is 0 Å². The normalized spacial score (nSPS) is 14.8. The van der Waals surface area contributed by atoms with E-state index in [2.05, 4.69) is 0 Å². The maximum absolute atomic E-state index is 11.9. The van der Waals surface area contributed by atoms with E-state index >= 15 is 0 Å². The number of Topliss-reactive ketones (excluding diaryl/α,β-unsaturated/α-hetero) is 1. The molecule has 1 heterocycles. The lowest BCUT2D eigenvalue weighted by Crippen LogP contribution is -2.41. The van der Waals surface area contributed by atoms with Gasteiger partial charge in [0.05, 0.1) is 5.56 Å². The van der Waals surface area contributed by atoms with E-state index in [9.17, 15) is 9.59 Å². The third-order valence-corrected chi connectivity index (χ3v) is 3.32. The molecule has 1 aromatic rings. The summed E-state index contributed by atoms with van der Waals surface area (Å²) in [7, 11) is 0. The van der Waals surface area contributed by atoms with Crippen LogP contribution in [0.3, 0.4) is 0 Å². The lowest BCUT2D eigenvalue weighted by molar-refractivity contribution is -0.136. The molecule has 0 N–H and O–H groups in total. The van der Waals surface area contributed by atoms with E-state index in [1.54, 1.807) is 17.0 Å². The van der Waals surface area contributed by atoms with Crippen molar-refractivity contribution in [1.82, 2.24) is 4.90 Å². The van der Waals surface area contributed by atoms with Gasteiger partial charge in [0, 0.05) is 37.0 Å². The molecule has 1 aliphatic rings. The number of rotatable bonds is 3. The maximum atomic E-state index is 11.9. The minimum absolute atomic E-state index is 0.163. The first-order valence-electron chi connectivity index (χ1n) is 6.22. The molecule has 6 heteroatoms. The summed E-state index contributed by atoms with van der Waals surface area (Å²) in [6.45, 7) is 0.701.